The van der Waals surface area contributed by atoms with Crippen molar-refractivity contribution < 1.29 is 14.3 Å². The number of Topliss-reactive ketones (excluding diaryl/α,β-unsaturated/α-hetero) is 1. The summed E-state index contributed by atoms with van der Waals surface area (Å²) in [7, 11) is 0. The Hall–Kier alpha value is -1.56. The minimum atomic E-state index is -0.506. The molecule has 0 spiro atoms. The Balaban J connectivity index is 1.61. The van der Waals surface area contributed by atoms with Crippen LogP contribution in [0.5, 0.6) is 5.75 Å². The molecule has 0 aromatic heterocycles. The van der Waals surface area contributed by atoms with E-state index in [-0.39, 0.29) is 0 Å². The van der Waals surface area contributed by atoms with E-state index in [0.717, 1.165) is 4.47 Å². The van der Waals surface area contributed by atoms with Crippen molar-refractivity contribution in [3.8, 4) is 5.75 Å². The zero-order chi connectivity index (χ0) is 17.3. The molecule has 124 valence electrons. The summed E-state index contributed by atoms with van der Waals surface area (Å²) in [4.78, 5) is 25.6. The second kappa shape index (κ2) is 7.13. The smallest absolute Gasteiger partial charge is 0.299 e. The van der Waals surface area contributed by atoms with Crippen LogP contribution in [0.4, 0.5) is 5.69 Å². The first-order valence-electron chi connectivity index (χ1n) is 7.20. The monoisotopic (exact) mass is 427 g/mol. The van der Waals surface area contributed by atoms with Crippen LogP contribution in [0.25, 0.3) is 0 Å². The van der Waals surface area contributed by atoms with E-state index in [4.69, 9.17) is 27.9 Å². The van der Waals surface area contributed by atoms with E-state index >= 15 is 0 Å². The summed E-state index contributed by atoms with van der Waals surface area (Å²) in [6.07, 6.45) is 0.568. The van der Waals surface area contributed by atoms with Gasteiger partial charge in [-0.05, 0) is 42.8 Å². The lowest BCUT2D eigenvalue weighted by atomic mass is 10.1. The Kier molecular flexibility index (Phi) is 5.13. The highest BCUT2D eigenvalue weighted by Gasteiger charge is 2.35. The number of carbonyl (C=O) groups is 2. The van der Waals surface area contributed by atoms with Gasteiger partial charge in [0.05, 0.1) is 17.9 Å². The summed E-state index contributed by atoms with van der Waals surface area (Å²) < 4.78 is 6.37. The fraction of sp³-hybridized carbons (Fsp3) is 0.176. The number of nitrogens with zero attached hydrogens (tertiary/aromatic N) is 1. The maximum Gasteiger partial charge on any atom is 0.299 e. The van der Waals surface area contributed by atoms with E-state index in [1.165, 1.54) is 4.90 Å². The number of ether oxygens (including phenoxy) is 1. The topological polar surface area (TPSA) is 46.6 Å². The van der Waals surface area contributed by atoms with Gasteiger partial charge in [-0.3, -0.25) is 9.59 Å². The van der Waals surface area contributed by atoms with E-state index in [0.29, 0.717) is 46.6 Å². The van der Waals surface area contributed by atoms with Gasteiger partial charge in [0.15, 0.2) is 0 Å². The molecule has 7 heteroatoms. The van der Waals surface area contributed by atoms with Crippen molar-refractivity contribution in [3.63, 3.8) is 0 Å². The third-order valence-electron chi connectivity index (χ3n) is 3.56. The van der Waals surface area contributed by atoms with Crippen molar-refractivity contribution in [2.24, 2.45) is 0 Å². The van der Waals surface area contributed by atoms with Crippen molar-refractivity contribution in [1.82, 2.24) is 0 Å². The van der Waals surface area contributed by atoms with Gasteiger partial charge in [0.25, 0.3) is 11.7 Å². The quantitative estimate of drug-likeness (QED) is 0.509. The number of carbonyl (C=O) groups excluding carboxylic acids is 2. The molecule has 1 amide bonds. The predicted molar refractivity (Wildman–Crippen MR) is 97.4 cm³/mol. The standard InChI is InChI=1S/C17H12BrCl2NO3/c18-10-2-3-15-14(6-10)16(22)17(23)21(15)4-1-5-24-13-8-11(19)7-12(20)9-13/h2-3,6-9H,1,4-5H2. The van der Waals surface area contributed by atoms with Crippen LogP contribution < -0.4 is 9.64 Å². The van der Waals surface area contributed by atoms with Gasteiger partial charge in [-0.1, -0.05) is 39.1 Å². The molecule has 3 rings (SSSR count). The van der Waals surface area contributed by atoms with Gasteiger partial charge in [0.1, 0.15) is 5.75 Å². The van der Waals surface area contributed by atoms with Crippen LogP contribution in [0.1, 0.15) is 16.8 Å². The summed E-state index contributed by atoms with van der Waals surface area (Å²) >= 11 is 15.1. The number of ketones is 1. The van der Waals surface area contributed by atoms with E-state index in [1.807, 2.05) is 6.07 Å². The van der Waals surface area contributed by atoms with Crippen molar-refractivity contribution in [2.45, 2.75) is 6.42 Å². The molecule has 4 nitrogen and oxygen atoms in total. The van der Waals surface area contributed by atoms with Gasteiger partial charge in [-0.25, -0.2) is 0 Å². The maximum absolute atomic E-state index is 12.1. The van der Waals surface area contributed by atoms with E-state index < -0.39 is 11.7 Å². The van der Waals surface area contributed by atoms with E-state index in [2.05, 4.69) is 15.9 Å². The zero-order valence-electron chi connectivity index (χ0n) is 12.4. The number of anilines is 1. The summed E-state index contributed by atoms with van der Waals surface area (Å²) in [5.74, 6) is -0.414. The van der Waals surface area contributed by atoms with Gasteiger partial charge < -0.3 is 9.64 Å². The normalized spacial score (nSPS) is 13.4. The number of hydrogen-bond acceptors (Lipinski definition) is 3. The first kappa shape index (κ1) is 17.3. The van der Waals surface area contributed by atoms with Crippen molar-refractivity contribution >= 4 is 56.5 Å². The van der Waals surface area contributed by atoms with Gasteiger partial charge >= 0.3 is 0 Å². The molecule has 0 atom stereocenters. The first-order chi connectivity index (χ1) is 11.5. The molecule has 1 aliphatic rings. The van der Waals surface area contributed by atoms with Gasteiger partial charge in [0, 0.05) is 21.1 Å². The Morgan fingerprint density at radius 1 is 1.04 bits per heavy atom. The number of rotatable bonds is 5. The molecule has 2 aromatic carbocycles. The second-order valence-corrected chi connectivity index (χ2v) is 7.04. The van der Waals surface area contributed by atoms with Gasteiger partial charge in [-0.15, -0.1) is 0 Å². The lowest BCUT2D eigenvalue weighted by Crippen LogP contribution is -2.31. The summed E-state index contributed by atoms with van der Waals surface area (Å²) in [5.41, 5.74) is 1.07. The Labute approximate surface area is 157 Å². The highest BCUT2D eigenvalue weighted by atomic mass is 79.9. The van der Waals surface area contributed by atoms with Crippen molar-refractivity contribution in [3.05, 3.63) is 56.5 Å². The molecular weight excluding hydrogens is 417 g/mol. The number of benzene rings is 2. The molecule has 0 bridgehead atoms. The fourth-order valence-corrected chi connectivity index (χ4v) is 3.39. The second-order valence-electron chi connectivity index (χ2n) is 5.25. The van der Waals surface area contributed by atoms with E-state index in [1.54, 1.807) is 30.3 Å². The highest BCUT2D eigenvalue weighted by molar-refractivity contribution is 9.10. The Morgan fingerprint density at radius 3 is 2.46 bits per heavy atom. The minimum Gasteiger partial charge on any atom is -0.493 e. The van der Waals surface area contributed by atoms with Crippen LogP contribution in [-0.4, -0.2) is 24.8 Å². The fourth-order valence-electron chi connectivity index (χ4n) is 2.52. The molecule has 0 radical (unpaired) electrons. The number of fused-ring (bicyclic) bond motifs is 1. The lowest BCUT2D eigenvalue weighted by Gasteiger charge is -2.16. The van der Waals surface area contributed by atoms with Gasteiger partial charge in [0.2, 0.25) is 0 Å². The number of hydrogen-bond donors (Lipinski definition) is 0. The van der Waals surface area contributed by atoms with Gasteiger partial charge in [-0.2, -0.15) is 0 Å². The Morgan fingerprint density at radius 2 is 1.75 bits per heavy atom. The molecule has 0 saturated heterocycles. The molecule has 0 aliphatic carbocycles. The largest absolute Gasteiger partial charge is 0.493 e. The van der Waals surface area contributed by atoms with E-state index in [9.17, 15) is 9.59 Å². The Bertz CT molecular complexity index is 805. The van der Waals surface area contributed by atoms with Crippen molar-refractivity contribution in [1.29, 1.82) is 0 Å². The van der Waals surface area contributed by atoms with Crippen LogP contribution in [0.2, 0.25) is 10.0 Å². The molecule has 0 fully saturated rings. The average Bonchev–Trinajstić information content (AvgIpc) is 2.75. The summed E-state index contributed by atoms with van der Waals surface area (Å²) in [6.45, 7) is 0.772. The molecule has 2 aromatic rings. The molecule has 1 heterocycles. The molecular formula is C17H12BrCl2NO3. The number of amides is 1. The molecule has 1 aliphatic heterocycles. The van der Waals surface area contributed by atoms with Crippen molar-refractivity contribution in [2.75, 3.05) is 18.1 Å². The minimum absolute atomic E-state index is 0.375. The third-order valence-corrected chi connectivity index (χ3v) is 4.49. The molecule has 0 saturated carbocycles. The summed E-state index contributed by atoms with van der Waals surface area (Å²) in [5, 5.41) is 0.995. The average molecular weight is 429 g/mol. The molecule has 24 heavy (non-hydrogen) atoms. The molecule has 0 unspecified atom stereocenters. The van der Waals surface area contributed by atoms with Crippen LogP contribution >= 0.6 is 39.1 Å². The van der Waals surface area contributed by atoms with Crippen LogP contribution in [0.3, 0.4) is 0 Å². The third kappa shape index (κ3) is 3.58. The highest BCUT2D eigenvalue weighted by Crippen LogP contribution is 2.31. The SMILES string of the molecule is O=C1C(=O)N(CCCOc2cc(Cl)cc(Cl)c2)c2ccc(Br)cc21. The van der Waals surface area contributed by atoms with Crippen LogP contribution in [-0.2, 0) is 4.79 Å². The zero-order valence-corrected chi connectivity index (χ0v) is 15.5. The maximum atomic E-state index is 12.1. The summed E-state index contributed by atoms with van der Waals surface area (Å²) in [6, 6.07) is 10.2. The first-order valence-corrected chi connectivity index (χ1v) is 8.75. The number of halogens is 3. The van der Waals surface area contributed by atoms with Crippen LogP contribution in [0.15, 0.2) is 40.9 Å². The molecule has 0 N–H and O–H groups in total. The van der Waals surface area contributed by atoms with Crippen LogP contribution in [0, 0.1) is 0 Å². The predicted octanol–water partition coefficient (Wildman–Crippen LogP) is 4.75. The lowest BCUT2D eigenvalue weighted by molar-refractivity contribution is -0.114.